The van der Waals surface area contributed by atoms with Gasteiger partial charge in [0.1, 0.15) is 0 Å². The number of hydrogen-bond donors (Lipinski definition) is 1. The Balaban J connectivity index is 1.35. The van der Waals surface area contributed by atoms with E-state index in [-0.39, 0.29) is 5.91 Å². The van der Waals surface area contributed by atoms with E-state index in [4.69, 9.17) is 9.47 Å². The van der Waals surface area contributed by atoms with Gasteiger partial charge in [0.2, 0.25) is 5.91 Å². The highest BCUT2D eigenvalue weighted by atomic mass is 16.7. The van der Waals surface area contributed by atoms with Gasteiger partial charge in [0, 0.05) is 31.0 Å². The van der Waals surface area contributed by atoms with Crippen LogP contribution in [-0.2, 0) is 11.2 Å². The molecule has 4 rings (SSSR count). The van der Waals surface area contributed by atoms with Gasteiger partial charge in [-0.25, -0.2) is 0 Å². The van der Waals surface area contributed by atoms with Crippen molar-refractivity contribution < 1.29 is 14.3 Å². The van der Waals surface area contributed by atoms with Gasteiger partial charge in [-0.15, -0.1) is 0 Å². The van der Waals surface area contributed by atoms with Gasteiger partial charge in [0.05, 0.1) is 0 Å². The van der Waals surface area contributed by atoms with E-state index in [9.17, 15) is 4.79 Å². The predicted molar refractivity (Wildman–Crippen MR) is 97.0 cm³/mol. The predicted octanol–water partition coefficient (Wildman–Crippen LogP) is 4.61. The van der Waals surface area contributed by atoms with E-state index in [0.29, 0.717) is 6.42 Å². The lowest BCUT2D eigenvalue weighted by atomic mass is 10.1. The van der Waals surface area contributed by atoms with Crippen molar-refractivity contribution in [2.75, 3.05) is 5.32 Å². The minimum Gasteiger partial charge on any atom is -0.448 e. The number of anilines is 1. The van der Waals surface area contributed by atoms with Crippen LogP contribution < -0.4 is 14.8 Å². The number of nitrogens with one attached hydrogen (secondary N) is 1. The first-order valence-electron chi connectivity index (χ1n) is 8.99. The molecule has 1 heterocycles. The van der Waals surface area contributed by atoms with Crippen LogP contribution >= 0.6 is 0 Å². The highest BCUT2D eigenvalue weighted by molar-refractivity contribution is 5.91. The van der Waals surface area contributed by atoms with Gasteiger partial charge in [-0.2, -0.15) is 0 Å². The van der Waals surface area contributed by atoms with Crippen molar-refractivity contribution in [3.63, 3.8) is 0 Å². The third-order valence-electron chi connectivity index (χ3n) is 4.95. The second-order valence-electron chi connectivity index (χ2n) is 7.02. The number of fused-ring (bicyclic) bond motifs is 1. The molecule has 2 aromatic rings. The highest BCUT2D eigenvalue weighted by Gasteiger charge is 2.44. The molecule has 2 aromatic carbocycles. The maximum Gasteiger partial charge on any atom is 0.251 e. The molecule has 0 atom stereocenters. The SMILES string of the molecule is Cc1ccc(CCC(=O)Nc2ccc3c(c2)OC2(CCCC2)O3)cc1. The Hall–Kier alpha value is -2.49. The maximum absolute atomic E-state index is 12.2. The molecule has 0 aromatic heterocycles. The van der Waals surface area contributed by atoms with Crippen LogP contribution in [0, 0.1) is 6.92 Å². The molecule has 1 aliphatic carbocycles. The van der Waals surface area contributed by atoms with Gasteiger partial charge in [-0.3, -0.25) is 4.79 Å². The second kappa shape index (κ2) is 6.43. The normalized spacial score (nSPS) is 17.0. The molecule has 1 aliphatic heterocycles. The Morgan fingerprint density at radius 3 is 2.52 bits per heavy atom. The molecule has 0 unspecified atom stereocenters. The van der Waals surface area contributed by atoms with Gasteiger partial charge in [-0.1, -0.05) is 29.8 Å². The fourth-order valence-electron chi connectivity index (χ4n) is 3.53. The molecule has 25 heavy (non-hydrogen) atoms. The third kappa shape index (κ3) is 3.48. The van der Waals surface area contributed by atoms with Crippen molar-refractivity contribution in [1.82, 2.24) is 0 Å². The molecule has 1 N–H and O–H groups in total. The smallest absolute Gasteiger partial charge is 0.251 e. The Bertz CT molecular complexity index is 776. The van der Waals surface area contributed by atoms with Gasteiger partial charge in [0.25, 0.3) is 5.79 Å². The van der Waals surface area contributed by atoms with Crippen LogP contribution in [0.15, 0.2) is 42.5 Å². The molecule has 1 saturated carbocycles. The molecule has 130 valence electrons. The van der Waals surface area contributed by atoms with E-state index < -0.39 is 5.79 Å². The number of ether oxygens (including phenoxy) is 2. The van der Waals surface area contributed by atoms with E-state index in [2.05, 4.69) is 36.5 Å². The lowest BCUT2D eigenvalue weighted by molar-refractivity contribution is -0.116. The van der Waals surface area contributed by atoms with Crippen molar-refractivity contribution in [3.05, 3.63) is 53.6 Å². The molecule has 4 nitrogen and oxygen atoms in total. The number of benzene rings is 2. The number of carbonyl (C=O) groups excluding carboxylic acids is 1. The fourth-order valence-corrected chi connectivity index (χ4v) is 3.53. The second-order valence-corrected chi connectivity index (χ2v) is 7.02. The Labute approximate surface area is 148 Å². The number of hydrogen-bond acceptors (Lipinski definition) is 3. The van der Waals surface area contributed by atoms with Crippen LogP contribution in [0.25, 0.3) is 0 Å². The zero-order valence-corrected chi connectivity index (χ0v) is 14.5. The largest absolute Gasteiger partial charge is 0.448 e. The summed E-state index contributed by atoms with van der Waals surface area (Å²) in [7, 11) is 0. The monoisotopic (exact) mass is 337 g/mol. The van der Waals surface area contributed by atoms with E-state index in [1.54, 1.807) is 0 Å². The molecule has 2 aliphatic rings. The van der Waals surface area contributed by atoms with E-state index in [1.165, 1.54) is 11.1 Å². The summed E-state index contributed by atoms with van der Waals surface area (Å²) < 4.78 is 12.0. The molecule has 1 spiro atoms. The first-order valence-corrected chi connectivity index (χ1v) is 8.99. The molecule has 4 heteroatoms. The van der Waals surface area contributed by atoms with Gasteiger partial charge in [0.15, 0.2) is 11.5 Å². The van der Waals surface area contributed by atoms with Gasteiger partial charge < -0.3 is 14.8 Å². The molecule has 0 saturated heterocycles. The Kier molecular flexibility index (Phi) is 4.12. The van der Waals surface area contributed by atoms with Crippen LogP contribution in [-0.4, -0.2) is 11.7 Å². The van der Waals surface area contributed by atoms with Crippen molar-refractivity contribution in [2.24, 2.45) is 0 Å². The minimum atomic E-state index is -0.462. The minimum absolute atomic E-state index is 0.00928. The van der Waals surface area contributed by atoms with Crippen molar-refractivity contribution in [1.29, 1.82) is 0 Å². The molecular weight excluding hydrogens is 314 g/mol. The number of aryl methyl sites for hydroxylation is 2. The van der Waals surface area contributed by atoms with Crippen LogP contribution in [0.2, 0.25) is 0 Å². The third-order valence-corrected chi connectivity index (χ3v) is 4.95. The lowest BCUT2D eigenvalue weighted by Crippen LogP contribution is -2.34. The molecule has 0 radical (unpaired) electrons. The lowest BCUT2D eigenvalue weighted by Gasteiger charge is -2.21. The standard InChI is InChI=1S/C21H23NO3/c1-15-4-6-16(7-5-15)8-11-20(23)22-17-9-10-18-19(14-17)25-21(24-18)12-2-3-13-21/h4-7,9-10,14H,2-3,8,11-13H2,1H3,(H,22,23). The quantitative estimate of drug-likeness (QED) is 0.886. The summed E-state index contributed by atoms with van der Waals surface area (Å²) in [6.45, 7) is 2.06. The summed E-state index contributed by atoms with van der Waals surface area (Å²) in [6, 6.07) is 13.9. The van der Waals surface area contributed by atoms with E-state index in [1.807, 2.05) is 18.2 Å². The van der Waals surface area contributed by atoms with E-state index >= 15 is 0 Å². The summed E-state index contributed by atoms with van der Waals surface area (Å²) in [4.78, 5) is 12.2. The zero-order chi connectivity index (χ0) is 17.3. The summed E-state index contributed by atoms with van der Waals surface area (Å²) in [5.41, 5.74) is 3.16. The summed E-state index contributed by atoms with van der Waals surface area (Å²) in [6.07, 6.45) is 5.33. The van der Waals surface area contributed by atoms with E-state index in [0.717, 1.165) is 49.3 Å². The van der Waals surface area contributed by atoms with Crippen LogP contribution in [0.4, 0.5) is 5.69 Å². The molecule has 1 fully saturated rings. The average molecular weight is 337 g/mol. The molecule has 1 amide bonds. The summed E-state index contributed by atoms with van der Waals surface area (Å²) in [5.74, 6) is 1.06. The Morgan fingerprint density at radius 2 is 1.76 bits per heavy atom. The topological polar surface area (TPSA) is 47.6 Å². The van der Waals surface area contributed by atoms with Gasteiger partial charge in [-0.05, 0) is 43.9 Å². The van der Waals surface area contributed by atoms with Crippen molar-refractivity contribution >= 4 is 11.6 Å². The fraction of sp³-hybridized carbons (Fsp3) is 0.381. The van der Waals surface area contributed by atoms with Crippen LogP contribution in [0.5, 0.6) is 11.5 Å². The number of carbonyl (C=O) groups is 1. The maximum atomic E-state index is 12.2. The van der Waals surface area contributed by atoms with Crippen LogP contribution in [0.3, 0.4) is 0 Å². The number of amides is 1. The average Bonchev–Trinajstić information content (AvgIpc) is 3.20. The first kappa shape index (κ1) is 16.0. The highest BCUT2D eigenvalue weighted by Crippen LogP contribution is 2.47. The molecular formula is C21H23NO3. The number of rotatable bonds is 4. The van der Waals surface area contributed by atoms with Crippen molar-refractivity contribution in [2.45, 2.75) is 51.2 Å². The molecule has 0 bridgehead atoms. The summed E-state index contributed by atoms with van der Waals surface area (Å²) in [5, 5.41) is 2.96. The van der Waals surface area contributed by atoms with Gasteiger partial charge >= 0.3 is 0 Å². The Morgan fingerprint density at radius 1 is 1.04 bits per heavy atom. The van der Waals surface area contributed by atoms with Crippen LogP contribution in [0.1, 0.15) is 43.2 Å². The van der Waals surface area contributed by atoms with Crippen molar-refractivity contribution in [3.8, 4) is 11.5 Å². The summed E-state index contributed by atoms with van der Waals surface area (Å²) >= 11 is 0. The first-order chi connectivity index (χ1) is 12.1. The zero-order valence-electron chi connectivity index (χ0n) is 14.5.